The van der Waals surface area contributed by atoms with Crippen molar-refractivity contribution in [2.75, 3.05) is 37.2 Å². The Kier molecular flexibility index (Phi) is 4.70. The number of anilines is 2. The van der Waals surface area contributed by atoms with Crippen LogP contribution in [0.1, 0.15) is 12.8 Å². The van der Waals surface area contributed by atoms with E-state index < -0.39 is 12.7 Å². The number of fused-ring (bicyclic) bond motifs is 1. The number of pyridine rings is 1. The first-order valence-electron chi connectivity index (χ1n) is 7.81. The molecular weight excluding hydrogens is 321 g/mol. The molecule has 9 heteroatoms. The highest BCUT2D eigenvalue weighted by Crippen LogP contribution is 2.24. The summed E-state index contributed by atoms with van der Waals surface area (Å²) in [5.41, 5.74) is 6.17. The van der Waals surface area contributed by atoms with Crippen LogP contribution in [-0.2, 0) is 0 Å². The van der Waals surface area contributed by atoms with Gasteiger partial charge in [0, 0.05) is 6.54 Å². The van der Waals surface area contributed by atoms with E-state index in [2.05, 4.69) is 20.3 Å². The molecule has 0 atom stereocenters. The molecule has 2 aromatic rings. The zero-order valence-corrected chi connectivity index (χ0v) is 13.1. The number of hydrogen-bond donors (Lipinski definition) is 2. The molecule has 1 aliphatic rings. The Morgan fingerprint density at radius 2 is 1.96 bits per heavy atom. The first-order valence-corrected chi connectivity index (χ1v) is 7.81. The summed E-state index contributed by atoms with van der Waals surface area (Å²) < 4.78 is 37.2. The van der Waals surface area contributed by atoms with Gasteiger partial charge >= 0.3 is 6.18 Å². The number of nitrogens with zero attached hydrogens (tertiary/aromatic N) is 4. The Morgan fingerprint density at radius 3 is 2.67 bits per heavy atom. The summed E-state index contributed by atoms with van der Waals surface area (Å²) in [4.78, 5) is 13.9. The maximum absolute atomic E-state index is 12.4. The Hall–Kier alpha value is -2.16. The largest absolute Gasteiger partial charge is 0.401 e. The molecule has 6 nitrogen and oxygen atoms in total. The van der Waals surface area contributed by atoms with E-state index in [0.717, 1.165) is 18.2 Å². The number of piperidine rings is 1. The van der Waals surface area contributed by atoms with Crippen LogP contribution in [0.5, 0.6) is 0 Å². The van der Waals surface area contributed by atoms with E-state index in [1.807, 2.05) is 6.07 Å². The van der Waals surface area contributed by atoms with E-state index in [4.69, 9.17) is 5.73 Å². The minimum Gasteiger partial charge on any atom is -0.384 e. The van der Waals surface area contributed by atoms with Crippen molar-refractivity contribution < 1.29 is 13.2 Å². The average molecular weight is 340 g/mol. The molecule has 0 spiro atoms. The second-order valence-electron chi connectivity index (χ2n) is 6.05. The number of hydrogen-bond acceptors (Lipinski definition) is 6. The molecule has 0 aromatic carbocycles. The van der Waals surface area contributed by atoms with Gasteiger partial charge in [-0.3, -0.25) is 4.90 Å². The smallest absolute Gasteiger partial charge is 0.384 e. The molecule has 2 aromatic heterocycles. The highest BCUT2D eigenvalue weighted by molar-refractivity contribution is 5.86. The van der Waals surface area contributed by atoms with Crippen molar-refractivity contribution in [3.8, 4) is 0 Å². The molecule has 0 unspecified atom stereocenters. The molecule has 1 fully saturated rings. The number of nitrogens with two attached hydrogens (primary N) is 1. The van der Waals surface area contributed by atoms with Crippen LogP contribution in [0, 0.1) is 5.92 Å². The fourth-order valence-corrected chi connectivity index (χ4v) is 2.94. The van der Waals surface area contributed by atoms with Gasteiger partial charge in [-0.15, -0.1) is 0 Å². The molecular formula is C15H19F3N6. The summed E-state index contributed by atoms with van der Waals surface area (Å²) in [6.07, 6.45) is -1.24. The highest BCUT2D eigenvalue weighted by atomic mass is 19.4. The number of rotatable bonds is 4. The van der Waals surface area contributed by atoms with Crippen LogP contribution in [0.4, 0.5) is 24.8 Å². The van der Waals surface area contributed by atoms with Gasteiger partial charge in [0.2, 0.25) is 0 Å². The van der Waals surface area contributed by atoms with E-state index in [1.165, 1.54) is 11.2 Å². The number of halogens is 3. The lowest BCUT2D eigenvalue weighted by Crippen LogP contribution is -2.41. The number of aromatic nitrogens is 3. The van der Waals surface area contributed by atoms with Crippen molar-refractivity contribution in [1.82, 2.24) is 19.9 Å². The van der Waals surface area contributed by atoms with Crippen LogP contribution in [0.15, 0.2) is 18.5 Å². The fraction of sp³-hybridized carbons (Fsp3) is 0.533. The SMILES string of the molecule is Nc1ccc2c(NCC3CCN(CC(F)(F)F)CC3)ncnc2n1. The lowest BCUT2D eigenvalue weighted by Gasteiger charge is -2.32. The van der Waals surface area contributed by atoms with E-state index in [0.29, 0.717) is 42.8 Å². The first-order chi connectivity index (χ1) is 11.4. The minimum atomic E-state index is -4.13. The van der Waals surface area contributed by atoms with E-state index >= 15 is 0 Å². The highest BCUT2D eigenvalue weighted by Gasteiger charge is 2.32. The summed E-state index contributed by atoms with van der Waals surface area (Å²) in [6, 6.07) is 3.50. The Labute approximate surface area is 137 Å². The maximum Gasteiger partial charge on any atom is 0.401 e. The number of alkyl halides is 3. The molecule has 0 bridgehead atoms. The monoisotopic (exact) mass is 340 g/mol. The number of likely N-dealkylation sites (tertiary alicyclic amines) is 1. The van der Waals surface area contributed by atoms with Crippen LogP contribution < -0.4 is 11.1 Å². The average Bonchev–Trinajstić information content (AvgIpc) is 2.52. The third-order valence-corrected chi connectivity index (χ3v) is 4.19. The van der Waals surface area contributed by atoms with Crippen molar-refractivity contribution in [3.63, 3.8) is 0 Å². The second kappa shape index (κ2) is 6.76. The number of nitrogens with one attached hydrogen (secondary N) is 1. The molecule has 0 radical (unpaired) electrons. The minimum absolute atomic E-state index is 0.321. The zero-order chi connectivity index (χ0) is 17.2. The number of nitrogen functional groups attached to an aromatic ring is 1. The van der Waals surface area contributed by atoms with Crippen LogP contribution in [0.2, 0.25) is 0 Å². The Morgan fingerprint density at radius 1 is 1.21 bits per heavy atom. The predicted molar refractivity (Wildman–Crippen MR) is 85.5 cm³/mol. The third-order valence-electron chi connectivity index (χ3n) is 4.19. The quantitative estimate of drug-likeness (QED) is 0.889. The molecule has 0 aliphatic carbocycles. The summed E-state index contributed by atoms with van der Waals surface area (Å²) in [5.74, 6) is 1.38. The van der Waals surface area contributed by atoms with Crippen LogP contribution in [-0.4, -0.2) is 52.2 Å². The molecule has 130 valence electrons. The van der Waals surface area contributed by atoms with E-state index in [9.17, 15) is 13.2 Å². The molecule has 1 saturated heterocycles. The van der Waals surface area contributed by atoms with Gasteiger partial charge in [-0.25, -0.2) is 15.0 Å². The van der Waals surface area contributed by atoms with Gasteiger partial charge in [-0.1, -0.05) is 0 Å². The zero-order valence-electron chi connectivity index (χ0n) is 13.1. The molecule has 1 aliphatic heterocycles. The Bertz CT molecular complexity index is 697. The predicted octanol–water partition coefficient (Wildman–Crippen LogP) is 2.29. The molecule has 0 saturated carbocycles. The lowest BCUT2D eigenvalue weighted by atomic mass is 9.97. The lowest BCUT2D eigenvalue weighted by molar-refractivity contribution is -0.148. The van der Waals surface area contributed by atoms with E-state index in [-0.39, 0.29) is 0 Å². The Balaban J connectivity index is 1.56. The first kappa shape index (κ1) is 16.7. The van der Waals surface area contributed by atoms with E-state index in [1.54, 1.807) is 6.07 Å². The summed E-state index contributed by atoms with van der Waals surface area (Å²) in [5, 5.41) is 4.05. The topological polar surface area (TPSA) is 80.0 Å². The molecule has 3 heterocycles. The molecule has 24 heavy (non-hydrogen) atoms. The van der Waals surface area contributed by atoms with Crippen molar-refractivity contribution >= 4 is 22.7 Å². The standard InChI is InChI=1S/C15H19F3N6/c16-15(17,18)8-24-5-3-10(4-6-24)7-20-13-11-1-2-12(19)23-14(11)22-9-21-13/h1-2,9-10H,3-8H2,(H3,19,20,21,22,23). The fourth-order valence-electron chi connectivity index (χ4n) is 2.94. The van der Waals surface area contributed by atoms with Gasteiger partial charge in [0.1, 0.15) is 18.0 Å². The second-order valence-corrected chi connectivity index (χ2v) is 6.05. The molecule has 3 rings (SSSR count). The normalized spacial score (nSPS) is 17.3. The van der Waals surface area contributed by atoms with Gasteiger partial charge in [0.05, 0.1) is 11.9 Å². The van der Waals surface area contributed by atoms with Gasteiger partial charge < -0.3 is 11.1 Å². The van der Waals surface area contributed by atoms with Gasteiger partial charge in [-0.05, 0) is 44.0 Å². The van der Waals surface area contributed by atoms with Crippen molar-refractivity contribution in [2.45, 2.75) is 19.0 Å². The van der Waals surface area contributed by atoms with Crippen molar-refractivity contribution in [3.05, 3.63) is 18.5 Å². The third kappa shape index (κ3) is 4.22. The van der Waals surface area contributed by atoms with Gasteiger partial charge in [0.25, 0.3) is 0 Å². The van der Waals surface area contributed by atoms with Gasteiger partial charge in [-0.2, -0.15) is 13.2 Å². The van der Waals surface area contributed by atoms with Crippen LogP contribution in [0.3, 0.4) is 0 Å². The van der Waals surface area contributed by atoms with Gasteiger partial charge in [0.15, 0.2) is 5.65 Å². The molecule has 0 amide bonds. The summed E-state index contributed by atoms with van der Waals surface area (Å²) >= 11 is 0. The summed E-state index contributed by atoms with van der Waals surface area (Å²) in [6.45, 7) is 0.774. The van der Waals surface area contributed by atoms with Crippen LogP contribution >= 0.6 is 0 Å². The van der Waals surface area contributed by atoms with Crippen molar-refractivity contribution in [1.29, 1.82) is 0 Å². The maximum atomic E-state index is 12.4. The van der Waals surface area contributed by atoms with Crippen LogP contribution in [0.25, 0.3) is 11.0 Å². The molecule has 3 N–H and O–H groups in total. The summed E-state index contributed by atoms with van der Waals surface area (Å²) in [7, 11) is 0. The van der Waals surface area contributed by atoms with Crippen molar-refractivity contribution in [2.24, 2.45) is 5.92 Å².